The summed E-state index contributed by atoms with van der Waals surface area (Å²) in [7, 11) is 0. The van der Waals surface area contributed by atoms with Gasteiger partial charge in [-0.1, -0.05) is 0 Å². The van der Waals surface area contributed by atoms with Crippen LogP contribution < -0.4 is 0 Å². The van der Waals surface area contributed by atoms with E-state index in [0.29, 0.717) is 0 Å². The molecule has 1 aliphatic rings. The van der Waals surface area contributed by atoms with Crippen molar-refractivity contribution in [2.45, 2.75) is 18.4 Å². The quantitative estimate of drug-likeness (QED) is 0.763. The largest absolute Gasteiger partial charge is 0.384 e. The molecule has 1 aromatic heterocycles. The molecule has 0 radical (unpaired) electrons. The first-order chi connectivity index (χ1) is 6.67. The Morgan fingerprint density at radius 2 is 2.07 bits per heavy atom. The minimum atomic E-state index is -0.597. The fraction of sp³-hybridized carbons (Fsp3) is 0.273. The maximum absolute atomic E-state index is 12.9. The summed E-state index contributed by atoms with van der Waals surface area (Å²) in [4.78, 5) is 0.970. The van der Waals surface area contributed by atoms with Crippen molar-refractivity contribution in [2.75, 3.05) is 0 Å². The van der Waals surface area contributed by atoms with Gasteiger partial charge in [-0.15, -0.1) is 11.3 Å². The molecule has 3 rings (SSSR count). The average molecular weight is 208 g/mol. The fourth-order valence-electron chi connectivity index (χ4n) is 1.61. The first-order valence-corrected chi connectivity index (χ1v) is 5.41. The Balaban J connectivity index is 2.20. The van der Waals surface area contributed by atoms with E-state index in [1.165, 1.54) is 12.1 Å². The maximum Gasteiger partial charge on any atom is 0.123 e. The standard InChI is InChI=1S/C11H9FOS/c12-8-1-2-9-7(5-8)6-10(14-9)11(13)3-4-11/h1-2,5-6,13H,3-4H2. The molecular formula is C11H9FOS. The minimum Gasteiger partial charge on any atom is -0.384 e. The monoisotopic (exact) mass is 208 g/mol. The van der Waals surface area contributed by atoms with E-state index in [1.807, 2.05) is 6.07 Å². The van der Waals surface area contributed by atoms with E-state index in [9.17, 15) is 9.50 Å². The van der Waals surface area contributed by atoms with Crippen molar-refractivity contribution in [1.29, 1.82) is 0 Å². The zero-order valence-corrected chi connectivity index (χ0v) is 8.27. The third-order valence-electron chi connectivity index (χ3n) is 2.66. The summed E-state index contributed by atoms with van der Waals surface area (Å²) in [6, 6.07) is 6.64. The van der Waals surface area contributed by atoms with Crippen LogP contribution in [0.3, 0.4) is 0 Å². The molecule has 1 heterocycles. The van der Waals surface area contributed by atoms with E-state index in [4.69, 9.17) is 0 Å². The number of aliphatic hydroxyl groups is 1. The van der Waals surface area contributed by atoms with Crippen LogP contribution in [0, 0.1) is 5.82 Å². The van der Waals surface area contributed by atoms with Crippen LogP contribution >= 0.6 is 11.3 Å². The van der Waals surface area contributed by atoms with Crippen molar-refractivity contribution in [3.63, 3.8) is 0 Å². The van der Waals surface area contributed by atoms with Crippen molar-refractivity contribution < 1.29 is 9.50 Å². The number of benzene rings is 1. The molecule has 14 heavy (non-hydrogen) atoms. The molecule has 1 saturated carbocycles. The first kappa shape index (κ1) is 8.38. The lowest BCUT2D eigenvalue weighted by Gasteiger charge is -2.00. The van der Waals surface area contributed by atoms with Gasteiger partial charge in [0.25, 0.3) is 0 Å². The van der Waals surface area contributed by atoms with Crippen molar-refractivity contribution in [3.05, 3.63) is 35.0 Å². The molecule has 72 valence electrons. The first-order valence-electron chi connectivity index (χ1n) is 4.59. The molecule has 0 atom stereocenters. The molecule has 0 saturated heterocycles. The van der Waals surface area contributed by atoms with Crippen LogP contribution in [0.5, 0.6) is 0 Å². The molecule has 0 bridgehead atoms. The van der Waals surface area contributed by atoms with Crippen LogP contribution in [-0.2, 0) is 5.60 Å². The smallest absolute Gasteiger partial charge is 0.123 e. The molecular weight excluding hydrogens is 199 g/mol. The Bertz CT molecular complexity index is 499. The van der Waals surface area contributed by atoms with E-state index in [0.717, 1.165) is 27.8 Å². The average Bonchev–Trinajstić information content (AvgIpc) is 2.77. The van der Waals surface area contributed by atoms with Crippen LogP contribution in [0.4, 0.5) is 4.39 Å². The summed E-state index contributed by atoms with van der Waals surface area (Å²) in [6.07, 6.45) is 1.67. The normalized spacial score (nSPS) is 18.7. The Morgan fingerprint density at radius 1 is 1.29 bits per heavy atom. The minimum absolute atomic E-state index is 0.218. The van der Waals surface area contributed by atoms with E-state index >= 15 is 0 Å². The fourth-order valence-corrected chi connectivity index (χ4v) is 2.80. The number of rotatable bonds is 1. The van der Waals surface area contributed by atoms with Crippen molar-refractivity contribution in [3.8, 4) is 0 Å². The molecule has 3 heteroatoms. The second-order valence-corrected chi connectivity index (χ2v) is 4.91. The lowest BCUT2D eigenvalue weighted by molar-refractivity contribution is 0.155. The zero-order valence-electron chi connectivity index (χ0n) is 7.46. The summed E-state index contributed by atoms with van der Waals surface area (Å²) in [6.45, 7) is 0. The van der Waals surface area contributed by atoms with Gasteiger partial charge in [-0.3, -0.25) is 0 Å². The Labute approximate surface area is 84.8 Å². The van der Waals surface area contributed by atoms with E-state index in [1.54, 1.807) is 17.4 Å². The highest BCUT2D eigenvalue weighted by Gasteiger charge is 2.43. The topological polar surface area (TPSA) is 20.2 Å². The highest BCUT2D eigenvalue weighted by molar-refractivity contribution is 7.19. The molecule has 1 aromatic carbocycles. The highest BCUT2D eigenvalue weighted by atomic mass is 32.1. The Kier molecular flexibility index (Phi) is 1.53. The summed E-state index contributed by atoms with van der Waals surface area (Å²) < 4.78 is 13.9. The Morgan fingerprint density at radius 3 is 2.79 bits per heavy atom. The molecule has 0 unspecified atom stereocenters. The van der Waals surface area contributed by atoms with Gasteiger partial charge >= 0.3 is 0 Å². The number of hydrogen-bond acceptors (Lipinski definition) is 2. The van der Waals surface area contributed by atoms with Crippen LogP contribution in [0.2, 0.25) is 0 Å². The van der Waals surface area contributed by atoms with E-state index < -0.39 is 5.60 Å². The van der Waals surface area contributed by atoms with Crippen LogP contribution in [0.25, 0.3) is 10.1 Å². The SMILES string of the molecule is OC1(c2cc3cc(F)ccc3s2)CC1. The van der Waals surface area contributed by atoms with Crippen LogP contribution in [-0.4, -0.2) is 5.11 Å². The van der Waals surface area contributed by atoms with Crippen LogP contribution in [0.1, 0.15) is 17.7 Å². The summed E-state index contributed by atoms with van der Waals surface area (Å²) in [5.74, 6) is -0.218. The molecule has 0 aliphatic heterocycles. The van der Waals surface area contributed by atoms with Gasteiger partial charge in [0.2, 0.25) is 0 Å². The maximum atomic E-state index is 12.9. The number of hydrogen-bond donors (Lipinski definition) is 1. The second kappa shape index (κ2) is 2.55. The van der Waals surface area contributed by atoms with Crippen LogP contribution in [0.15, 0.2) is 24.3 Å². The number of fused-ring (bicyclic) bond motifs is 1. The summed E-state index contributed by atoms with van der Waals surface area (Å²) in [5, 5.41) is 10.8. The molecule has 1 fully saturated rings. The van der Waals surface area contributed by atoms with E-state index in [2.05, 4.69) is 0 Å². The predicted octanol–water partition coefficient (Wildman–Crippen LogP) is 3.02. The van der Waals surface area contributed by atoms with Gasteiger partial charge < -0.3 is 5.11 Å². The highest BCUT2D eigenvalue weighted by Crippen LogP contribution is 2.49. The second-order valence-electron chi connectivity index (χ2n) is 3.82. The molecule has 1 aliphatic carbocycles. The molecule has 0 amide bonds. The summed E-state index contributed by atoms with van der Waals surface area (Å²) >= 11 is 1.56. The molecule has 2 aromatic rings. The van der Waals surface area contributed by atoms with Gasteiger partial charge in [-0.05, 0) is 42.5 Å². The van der Waals surface area contributed by atoms with E-state index in [-0.39, 0.29) is 5.82 Å². The molecule has 0 spiro atoms. The number of halogens is 1. The lowest BCUT2D eigenvalue weighted by atomic mass is 10.2. The van der Waals surface area contributed by atoms with Gasteiger partial charge in [0, 0.05) is 9.58 Å². The van der Waals surface area contributed by atoms with Gasteiger partial charge in [0.15, 0.2) is 0 Å². The zero-order chi connectivity index (χ0) is 9.76. The predicted molar refractivity (Wildman–Crippen MR) is 54.9 cm³/mol. The Hall–Kier alpha value is -0.930. The van der Waals surface area contributed by atoms with Gasteiger partial charge in [0.1, 0.15) is 5.82 Å². The number of thiophene rings is 1. The van der Waals surface area contributed by atoms with Gasteiger partial charge in [0.05, 0.1) is 5.60 Å². The molecule has 1 N–H and O–H groups in total. The van der Waals surface area contributed by atoms with Gasteiger partial charge in [-0.25, -0.2) is 4.39 Å². The third kappa shape index (κ3) is 1.16. The molecule has 1 nitrogen and oxygen atoms in total. The lowest BCUT2D eigenvalue weighted by Crippen LogP contribution is -1.99. The third-order valence-corrected chi connectivity index (χ3v) is 3.97. The van der Waals surface area contributed by atoms with Gasteiger partial charge in [-0.2, -0.15) is 0 Å². The van der Waals surface area contributed by atoms with Crippen molar-refractivity contribution in [1.82, 2.24) is 0 Å². The van der Waals surface area contributed by atoms with Crippen molar-refractivity contribution >= 4 is 21.4 Å². The van der Waals surface area contributed by atoms with Crippen molar-refractivity contribution in [2.24, 2.45) is 0 Å². The summed E-state index contributed by atoms with van der Waals surface area (Å²) in [5.41, 5.74) is -0.597.